The van der Waals surface area contributed by atoms with Crippen molar-refractivity contribution >= 4 is 35.1 Å². The molecular weight excluding hydrogens is 223 g/mol. The van der Waals surface area contributed by atoms with Crippen molar-refractivity contribution in [2.24, 2.45) is 0 Å². The monoisotopic (exact) mass is 231 g/mol. The molecule has 0 saturated carbocycles. The highest BCUT2D eigenvalue weighted by Gasteiger charge is 2.17. The van der Waals surface area contributed by atoms with E-state index in [0.717, 1.165) is 0 Å². The van der Waals surface area contributed by atoms with Crippen LogP contribution in [0.25, 0.3) is 11.0 Å². The molecule has 0 aliphatic heterocycles. The van der Waals surface area contributed by atoms with Crippen LogP contribution in [0.2, 0.25) is 6.82 Å². The average Bonchev–Trinajstić information content (AvgIpc) is 2.29. The summed E-state index contributed by atoms with van der Waals surface area (Å²) in [6.45, 7) is 1.76. The van der Waals surface area contributed by atoms with Crippen LogP contribution in [0, 0.1) is 10.1 Å². The molecule has 1 heterocycles. The first-order chi connectivity index (χ1) is 8.02. The number of nitro benzene ring substituents is 1. The molecule has 2 rings (SSSR count). The summed E-state index contributed by atoms with van der Waals surface area (Å²) in [5.41, 5.74) is 4.94. The molecule has 0 fully saturated rings. The van der Waals surface area contributed by atoms with Gasteiger partial charge in [0.2, 0.25) is 5.58 Å². The summed E-state index contributed by atoms with van der Waals surface area (Å²) in [7, 11) is 1.72. The Hall–Kier alpha value is -2.31. The molecular formula is C10H8BN2O4. The van der Waals surface area contributed by atoms with Gasteiger partial charge in [-0.15, -0.1) is 0 Å². The van der Waals surface area contributed by atoms with Crippen molar-refractivity contribution < 1.29 is 9.34 Å². The molecule has 0 amide bonds. The minimum Gasteiger partial charge on any atom is -0.414 e. The first-order valence-electron chi connectivity index (χ1n) is 4.84. The van der Waals surface area contributed by atoms with E-state index >= 15 is 0 Å². The van der Waals surface area contributed by atoms with Gasteiger partial charge in [0.15, 0.2) is 0 Å². The lowest BCUT2D eigenvalue weighted by Gasteiger charge is -2.02. The molecule has 0 bridgehead atoms. The first-order valence-corrected chi connectivity index (χ1v) is 4.84. The van der Waals surface area contributed by atoms with Gasteiger partial charge in [-0.2, -0.15) is 0 Å². The summed E-state index contributed by atoms with van der Waals surface area (Å²) < 4.78 is 4.85. The van der Waals surface area contributed by atoms with Crippen LogP contribution in [0.5, 0.6) is 0 Å². The van der Waals surface area contributed by atoms with E-state index in [1.807, 2.05) is 0 Å². The van der Waals surface area contributed by atoms with E-state index < -0.39 is 10.5 Å². The minimum absolute atomic E-state index is 0.0557. The lowest BCUT2D eigenvalue weighted by Crippen LogP contribution is -2.13. The SMILES string of the molecule is C[B]c1cc([N+](=O)[O-])c2oc(=O)c(N)cc2c1. The fourth-order valence-corrected chi connectivity index (χ4v) is 1.56. The van der Waals surface area contributed by atoms with Gasteiger partial charge in [0.25, 0.3) is 0 Å². The molecule has 0 unspecified atom stereocenters. The van der Waals surface area contributed by atoms with E-state index in [-0.39, 0.29) is 17.0 Å². The van der Waals surface area contributed by atoms with E-state index in [0.29, 0.717) is 10.8 Å². The number of hydrogen-bond acceptors (Lipinski definition) is 5. The van der Waals surface area contributed by atoms with Gasteiger partial charge in [0.05, 0.1) is 4.92 Å². The quantitative estimate of drug-likeness (QED) is 0.354. The topological polar surface area (TPSA) is 99.4 Å². The molecule has 1 aromatic carbocycles. The van der Waals surface area contributed by atoms with Crippen LogP contribution in [0.4, 0.5) is 11.4 Å². The fourth-order valence-electron chi connectivity index (χ4n) is 1.56. The van der Waals surface area contributed by atoms with Crippen molar-refractivity contribution in [3.05, 3.63) is 38.7 Å². The molecule has 1 radical (unpaired) electrons. The van der Waals surface area contributed by atoms with Crippen molar-refractivity contribution in [2.45, 2.75) is 6.82 Å². The molecule has 0 aliphatic rings. The third-order valence-corrected chi connectivity index (χ3v) is 2.39. The smallest absolute Gasteiger partial charge is 0.359 e. The zero-order chi connectivity index (χ0) is 12.6. The van der Waals surface area contributed by atoms with E-state index in [9.17, 15) is 14.9 Å². The van der Waals surface area contributed by atoms with Crippen LogP contribution in [0.3, 0.4) is 0 Å². The van der Waals surface area contributed by atoms with Crippen molar-refractivity contribution in [3.63, 3.8) is 0 Å². The Balaban J connectivity index is 2.91. The number of non-ortho nitro benzene ring substituents is 1. The van der Waals surface area contributed by atoms with Gasteiger partial charge in [0, 0.05) is 11.5 Å². The summed E-state index contributed by atoms with van der Waals surface area (Å²) in [6.07, 6.45) is 0. The molecule has 0 aliphatic carbocycles. The number of anilines is 1. The molecule has 1 aromatic heterocycles. The first kappa shape index (κ1) is 11.2. The van der Waals surface area contributed by atoms with Gasteiger partial charge < -0.3 is 10.2 Å². The van der Waals surface area contributed by atoms with Crippen LogP contribution in [-0.4, -0.2) is 12.2 Å². The molecule has 17 heavy (non-hydrogen) atoms. The Bertz CT molecular complexity index is 665. The van der Waals surface area contributed by atoms with Gasteiger partial charge >= 0.3 is 11.3 Å². The van der Waals surface area contributed by atoms with Crippen LogP contribution in [0.1, 0.15) is 0 Å². The summed E-state index contributed by atoms with van der Waals surface area (Å²) in [5, 5.41) is 11.3. The summed E-state index contributed by atoms with van der Waals surface area (Å²) in [6, 6.07) is 4.39. The number of nitrogen functional groups attached to an aromatic ring is 1. The van der Waals surface area contributed by atoms with E-state index in [4.69, 9.17) is 10.2 Å². The largest absolute Gasteiger partial charge is 0.414 e. The van der Waals surface area contributed by atoms with Gasteiger partial charge in [-0.3, -0.25) is 10.1 Å². The second-order valence-corrected chi connectivity index (χ2v) is 3.49. The van der Waals surface area contributed by atoms with Gasteiger partial charge in [-0.05, 0) is 6.07 Å². The maximum Gasteiger partial charge on any atom is 0.359 e. The number of nitro groups is 1. The summed E-state index contributed by atoms with van der Waals surface area (Å²) in [4.78, 5) is 21.5. The van der Waals surface area contributed by atoms with Crippen LogP contribution >= 0.6 is 0 Å². The van der Waals surface area contributed by atoms with Crippen molar-refractivity contribution in [2.75, 3.05) is 5.73 Å². The maximum absolute atomic E-state index is 11.2. The van der Waals surface area contributed by atoms with Crippen LogP contribution in [-0.2, 0) is 0 Å². The van der Waals surface area contributed by atoms with E-state index in [1.165, 1.54) is 12.1 Å². The Morgan fingerprint density at radius 3 is 2.71 bits per heavy atom. The number of hydrogen-bond donors (Lipinski definition) is 1. The lowest BCUT2D eigenvalue weighted by molar-refractivity contribution is -0.383. The van der Waals surface area contributed by atoms with Crippen LogP contribution < -0.4 is 16.8 Å². The predicted molar refractivity (Wildman–Crippen MR) is 64.8 cm³/mol. The molecule has 0 spiro atoms. The fraction of sp³-hybridized carbons (Fsp3) is 0.100. The van der Waals surface area contributed by atoms with Gasteiger partial charge in [0.1, 0.15) is 13.0 Å². The van der Waals surface area contributed by atoms with Crippen molar-refractivity contribution in [1.29, 1.82) is 0 Å². The number of benzene rings is 1. The Morgan fingerprint density at radius 2 is 2.12 bits per heavy atom. The molecule has 85 valence electrons. The molecule has 0 saturated heterocycles. The standard InChI is InChI=1S/C10H8BN2O4/c1-11-6-2-5-3-7(12)10(14)17-9(5)8(4-6)13(15)16/h2-4H,12H2,1H3. The third kappa shape index (κ3) is 1.86. The second-order valence-electron chi connectivity index (χ2n) is 3.49. The van der Waals surface area contributed by atoms with Gasteiger partial charge in [-0.25, -0.2) is 4.79 Å². The zero-order valence-corrected chi connectivity index (χ0v) is 8.97. The molecule has 7 heteroatoms. The second kappa shape index (κ2) is 3.93. The predicted octanol–water partition coefficient (Wildman–Crippen LogP) is 0.661. The third-order valence-electron chi connectivity index (χ3n) is 2.39. The van der Waals surface area contributed by atoms with Gasteiger partial charge in [-0.1, -0.05) is 18.4 Å². The highest BCUT2D eigenvalue weighted by molar-refractivity contribution is 6.52. The normalized spacial score (nSPS) is 10.4. The minimum atomic E-state index is -0.770. The van der Waals surface area contributed by atoms with E-state index in [2.05, 4.69) is 0 Å². The van der Waals surface area contributed by atoms with Crippen molar-refractivity contribution in [1.82, 2.24) is 0 Å². The summed E-state index contributed by atoms with van der Waals surface area (Å²) in [5.74, 6) is 0. The molecule has 2 aromatic rings. The highest BCUT2D eigenvalue weighted by Crippen LogP contribution is 2.23. The molecule has 0 atom stereocenters. The lowest BCUT2D eigenvalue weighted by atomic mass is 9.73. The number of nitrogens with two attached hydrogens (primary N) is 1. The molecule has 6 nitrogen and oxygen atoms in total. The Morgan fingerprint density at radius 1 is 1.41 bits per heavy atom. The zero-order valence-electron chi connectivity index (χ0n) is 8.97. The van der Waals surface area contributed by atoms with E-state index in [1.54, 1.807) is 20.2 Å². The Kier molecular flexibility index (Phi) is 2.59. The maximum atomic E-state index is 11.2. The Labute approximate surface area is 96.4 Å². The number of rotatable bonds is 2. The van der Waals surface area contributed by atoms with Crippen molar-refractivity contribution in [3.8, 4) is 0 Å². The average molecular weight is 231 g/mol. The van der Waals surface area contributed by atoms with Crippen LogP contribution in [0.15, 0.2) is 27.4 Å². The number of fused-ring (bicyclic) bond motifs is 1. The molecule has 2 N–H and O–H groups in total. The summed E-state index contributed by atoms with van der Waals surface area (Å²) >= 11 is 0. The number of nitrogens with zero attached hydrogens (tertiary/aromatic N) is 1. The highest BCUT2D eigenvalue weighted by atomic mass is 16.6.